The van der Waals surface area contributed by atoms with Gasteiger partial charge in [-0.2, -0.15) is 5.10 Å². The van der Waals surface area contributed by atoms with Gasteiger partial charge in [0.25, 0.3) is 0 Å². The summed E-state index contributed by atoms with van der Waals surface area (Å²) in [5.74, 6) is 2.42. The highest BCUT2D eigenvalue weighted by atomic mass is 16.5. The highest BCUT2D eigenvalue weighted by Gasteiger charge is 2.38. The molecule has 222 valence electrons. The summed E-state index contributed by atoms with van der Waals surface area (Å²) in [5, 5.41) is 14.2. The summed E-state index contributed by atoms with van der Waals surface area (Å²) in [6.45, 7) is 6.47. The summed E-state index contributed by atoms with van der Waals surface area (Å²) < 4.78 is 27.7. The molecular formula is C32H40N6O4. The number of likely N-dealkylation sites (N-methyl/N-ethyl adjacent to an activating group) is 1. The van der Waals surface area contributed by atoms with Crippen LogP contribution in [0.3, 0.4) is 0 Å². The molecule has 2 unspecified atom stereocenters. The van der Waals surface area contributed by atoms with E-state index in [1.165, 1.54) is 12.0 Å². The van der Waals surface area contributed by atoms with E-state index < -0.39 is 0 Å². The molecule has 0 saturated carbocycles. The lowest BCUT2D eigenvalue weighted by molar-refractivity contribution is -0.0918. The Labute approximate surface area is 246 Å². The van der Waals surface area contributed by atoms with Gasteiger partial charge in [-0.1, -0.05) is 13.0 Å². The first kappa shape index (κ1) is 27.5. The van der Waals surface area contributed by atoms with E-state index in [1.54, 1.807) is 0 Å². The number of nitrogens with one attached hydrogen (secondary N) is 1. The minimum absolute atomic E-state index is 0.0225. The predicted molar refractivity (Wildman–Crippen MR) is 158 cm³/mol. The molecule has 3 fully saturated rings. The third-order valence-electron chi connectivity index (χ3n) is 8.52. The summed E-state index contributed by atoms with van der Waals surface area (Å²) >= 11 is 0. The molecule has 3 aliphatic heterocycles. The SMILES string of the molecule is CCNC1(COc2ccc(-c3nc(Cc4ccc5c(cnn5C5CCCCO5)c4)n(C4CCCCO4)n3)cc2)COC1. The number of fused-ring (bicyclic) bond motifs is 1. The van der Waals surface area contributed by atoms with Gasteiger partial charge in [0.1, 0.15) is 18.2 Å². The Bertz CT molecular complexity index is 1480. The highest BCUT2D eigenvalue weighted by Crippen LogP contribution is 2.30. The summed E-state index contributed by atoms with van der Waals surface area (Å²) in [4.78, 5) is 5.03. The minimum Gasteiger partial charge on any atom is -0.491 e. The van der Waals surface area contributed by atoms with E-state index in [0.29, 0.717) is 32.1 Å². The van der Waals surface area contributed by atoms with E-state index in [0.717, 1.165) is 79.9 Å². The fourth-order valence-corrected chi connectivity index (χ4v) is 6.17. The summed E-state index contributed by atoms with van der Waals surface area (Å²) in [6, 6.07) is 14.6. The molecular weight excluding hydrogens is 532 g/mol. The van der Waals surface area contributed by atoms with Crippen LogP contribution in [0.15, 0.2) is 48.7 Å². The largest absolute Gasteiger partial charge is 0.491 e. The summed E-state index contributed by atoms with van der Waals surface area (Å²) in [6.07, 6.45) is 8.97. The second-order valence-corrected chi connectivity index (χ2v) is 11.7. The topological polar surface area (TPSA) is 97.5 Å². The standard InChI is InChI=1S/C32H40N6O4/c1-2-33-32(20-39-21-32)22-42-26-12-10-24(11-13-26)31-35-28(38(36-31)30-8-4-6-16-41-30)18-23-9-14-27-25(17-23)19-34-37(27)29-7-3-5-15-40-29/h9-14,17,19,29-30,33H,2-8,15-16,18,20-22H2,1H3. The van der Waals surface area contributed by atoms with Crippen LogP contribution in [0.25, 0.3) is 22.3 Å². The van der Waals surface area contributed by atoms with Crippen molar-refractivity contribution < 1.29 is 18.9 Å². The van der Waals surface area contributed by atoms with Crippen LogP contribution in [-0.4, -0.2) is 69.7 Å². The number of aromatic nitrogens is 5. The molecule has 0 radical (unpaired) electrons. The van der Waals surface area contributed by atoms with E-state index in [4.69, 9.17) is 29.0 Å². The Balaban J connectivity index is 1.11. The Kier molecular flexibility index (Phi) is 7.94. The van der Waals surface area contributed by atoms with Crippen molar-refractivity contribution >= 4 is 10.9 Å². The maximum Gasteiger partial charge on any atom is 0.181 e. The molecule has 3 aliphatic rings. The van der Waals surface area contributed by atoms with Crippen molar-refractivity contribution in [2.75, 3.05) is 39.6 Å². The van der Waals surface area contributed by atoms with E-state index in [-0.39, 0.29) is 18.0 Å². The van der Waals surface area contributed by atoms with Crippen molar-refractivity contribution in [1.82, 2.24) is 29.9 Å². The molecule has 0 bridgehead atoms. The lowest BCUT2D eigenvalue weighted by atomic mass is 9.99. The monoisotopic (exact) mass is 572 g/mol. The Morgan fingerprint density at radius 3 is 2.38 bits per heavy atom. The number of benzene rings is 2. The van der Waals surface area contributed by atoms with Crippen molar-refractivity contribution in [2.24, 2.45) is 0 Å². The van der Waals surface area contributed by atoms with Crippen LogP contribution >= 0.6 is 0 Å². The number of hydrogen-bond donors (Lipinski definition) is 1. The average molecular weight is 573 g/mol. The molecule has 2 aromatic carbocycles. The van der Waals surface area contributed by atoms with E-state index in [1.807, 2.05) is 39.8 Å². The minimum atomic E-state index is -0.0977. The molecule has 0 spiro atoms. The van der Waals surface area contributed by atoms with Crippen molar-refractivity contribution in [3.8, 4) is 17.1 Å². The van der Waals surface area contributed by atoms with Gasteiger partial charge in [-0.3, -0.25) is 0 Å². The molecule has 10 nitrogen and oxygen atoms in total. The van der Waals surface area contributed by atoms with Gasteiger partial charge in [0.2, 0.25) is 0 Å². The molecule has 10 heteroatoms. The molecule has 1 N–H and O–H groups in total. The fourth-order valence-electron chi connectivity index (χ4n) is 6.17. The van der Waals surface area contributed by atoms with Crippen LogP contribution in [0.1, 0.15) is 69.3 Å². The quantitative estimate of drug-likeness (QED) is 0.282. The molecule has 7 rings (SSSR count). The Morgan fingerprint density at radius 2 is 1.71 bits per heavy atom. The molecule has 2 aromatic heterocycles. The third kappa shape index (κ3) is 5.68. The van der Waals surface area contributed by atoms with Gasteiger partial charge in [-0.15, -0.1) is 5.10 Å². The number of ether oxygens (including phenoxy) is 4. The van der Waals surface area contributed by atoms with Gasteiger partial charge in [0.05, 0.1) is 30.5 Å². The van der Waals surface area contributed by atoms with Gasteiger partial charge in [-0.25, -0.2) is 14.3 Å². The Hall–Kier alpha value is -3.31. The molecule has 0 amide bonds. The van der Waals surface area contributed by atoms with Crippen molar-refractivity contribution in [1.29, 1.82) is 0 Å². The van der Waals surface area contributed by atoms with Crippen LogP contribution < -0.4 is 10.1 Å². The highest BCUT2D eigenvalue weighted by molar-refractivity contribution is 5.79. The van der Waals surface area contributed by atoms with E-state index in [2.05, 4.69) is 35.5 Å². The molecule has 4 aromatic rings. The van der Waals surface area contributed by atoms with Crippen LogP contribution in [0, 0.1) is 0 Å². The third-order valence-corrected chi connectivity index (χ3v) is 8.52. The zero-order valence-corrected chi connectivity index (χ0v) is 24.3. The average Bonchev–Trinajstić information content (AvgIpc) is 3.64. The molecule has 0 aliphatic carbocycles. The van der Waals surface area contributed by atoms with Gasteiger partial charge < -0.3 is 24.3 Å². The maximum atomic E-state index is 6.15. The zero-order valence-electron chi connectivity index (χ0n) is 24.3. The molecule has 42 heavy (non-hydrogen) atoms. The second-order valence-electron chi connectivity index (χ2n) is 11.7. The van der Waals surface area contributed by atoms with Gasteiger partial charge in [-0.05, 0) is 87.0 Å². The first-order valence-electron chi connectivity index (χ1n) is 15.4. The number of rotatable bonds is 10. The van der Waals surface area contributed by atoms with Crippen molar-refractivity contribution in [3.63, 3.8) is 0 Å². The first-order chi connectivity index (χ1) is 20.7. The lowest BCUT2D eigenvalue weighted by Crippen LogP contribution is -2.63. The predicted octanol–water partition coefficient (Wildman–Crippen LogP) is 5.04. The van der Waals surface area contributed by atoms with Gasteiger partial charge in [0, 0.05) is 30.6 Å². The van der Waals surface area contributed by atoms with E-state index >= 15 is 0 Å². The van der Waals surface area contributed by atoms with Crippen LogP contribution in [-0.2, 0) is 20.6 Å². The van der Waals surface area contributed by atoms with Gasteiger partial charge >= 0.3 is 0 Å². The van der Waals surface area contributed by atoms with Crippen LogP contribution in [0.2, 0.25) is 0 Å². The number of nitrogens with zero attached hydrogens (tertiary/aromatic N) is 5. The number of hydrogen-bond acceptors (Lipinski definition) is 8. The summed E-state index contributed by atoms with van der Waals surface area (Å²) in [7, 11) is 0. The van der Waals surface area contributed by atoms with Crippen molar-refractivity contribution in [2.45, 2.75) is 69.9 Å². The second kappa shape index (κ2) is 12.1. The van der Waals surface area contributed by atoms with Crippen LogP contribution in [0.5, 0.6) is 5.75 Å². The van der Waals surface area contributed by atoms with Gasteiger partial charge in [0.15, 0.2) is 18.3 Å². The van der Waals surface area contributed by atoms with E-state index in [9.17, 15) is 0 Å². The maximum absolute atomic E-state index is 6.15. The Morgan fingerprint density at radius 1 is 0.952 bits per heavy atom. The molecule has 3 saturated heterocycles. The normalized spacial score (nSPS) is 22.2. The lowest BCUT2D eigenvalue weighted by Gasteiger charge is -2.41. The summed E-state index contributed by atoms with van der Waals surface area (Å²) in [5.41, 5.74) is 3.14. The first-order valence-corrected chi connectivity index (χ1v) is 15.4. The molecule has 5 heterocycles. The zero-order chi connectivity index (χ0) is 28.4. The van der Waals surface area contributed by atoms with Crippen LogP contribution in [0.4, 0.5) is 0 Å². The smallest absolute Gasteiger partial charge is 0.181 e. The fraction of sp³-hybridized carbons (Fsp3) is 0.531. The molecule has 2 atom stereocenters. The van der Waals surface area contributed by atoms with Crippen molar-refractivity contribution in [3.05, 3.63) is 60.0 Å².